The summed E-state index contributed by atoms with van der Waals surface area (Å²) < 4.78 is 40.7. The Labute approximate surface area is 213 Å². The number of carbonyl (C=O) groups excluding carboxylic acids is 1. The number of nitrogens with zero attached hydrogens (tertiary/aromatic N) is 2. The third-order valence-corrected chi connectivity index (χ3v) is 9.05. The van der Waals surface area contributed by atoms with Crippen LogP contribution < -0.4 is 5.32 Å². The van der Waals surface area contributed by atoms with Crippen molar-refractivity contribution >= 4 is 32.4 Å². The van der Waals surface area contributed by atoms with Crippen molar-refractivity contribution in [1.82, 2.24) is 9.29 Å². The summed E-state index contributed by atoms with van der Waals surface area (Å²) in [6, 6.07) is 24.4. The van der Waals surface area contributed by atoms with Crippen LogP contribution in [0.4, 0.5) is 9.52 Å². The number of aromatic nitrogens is 1. The fraction of sp³-hybridized carbons (Fsp3) is 0.185. The van der Waals surface area contributed by atoms with Gasteiger partial charge in [-0.15, -0.1) is 0 Å². The molecule has 1 aliphatic rings. The summed E-state index contributed by atoms with van der Waals surface area (Å²) in [5.41, 5.74) is 2.73. The lowest BCUT2D eigenvalue weighted by atomic mass is 9.99. The average molecular weight is 522 g/mol. The molecule has 1 N–H and O–H groups in total. The lowest BCUT2D eigenvalue weighted by Crippen LogP contribution is -2.43. The van der Waals surface area contributed by atoms with E-state index in [0.717, 1.165) is 33.8 Å². The monoisotopic (exact) mass is 521 g/mol. The van der Waals surface area contributed by atoms with Crippen molar-refractivity contribution in [3.63, 3.8) is 0 Å². The molecular formula is C27H24FN3O3S2. The second-order valence-electron chi connectivity index (χ2n) is 8.57. The van der Waals surface area contributed by atoms with Gasteiger partial charge in [0.05, 0.1) is 21.4 Å². The maximum Gasteiger partial charge on any atom is 0.243 e. The molecule has 36 heavy (non-hydrogen) atoms. The van der Waals surface area contributed by atoms with Gasteiger partial charge in [0, 0.05) is 18.7 Å². The Morgan fingerprint density at radius 1 is 0.944 bits per heavy atom. The van der Waals surface area contributed by atoms with Gasteiger partial charge in [-0.05, 0) is 42.7 Å². The van der Waals surface area contributed by atoms with E-state index in [1.807, 2.05) is 60.7 Å². The zero-order chi connectivity index (χ0) is 25.1. The minimum absolute atomic E-state index is 0.0184. The lowest BCUT2D eigenvalue weighted by molar-refractivity contribution is -0.120. The summed E-state index contributed by atoms with van der Waals surface area (Å²) in [6.45, 7) is 0.380. The molecule has 4 aromatic rings. The van der Waals surface area contributed by atoms with Gasteiger partial charge in [-0.25, -0.2) is 17.8 Å². The molecule has 0 saturated carbocycles. The third-order valence-electron chi connectivity index (χ3n) is 6.15. The maximum atomic E-state index is 13.3. The van der Waals surface area contributed by atoms with Crippen LogP contribution in [-0.4, -0.2) is 36.7 Å². The van der Waals surface area contributed by atoms with E-state index in [-0.39, 0.29) is 17.3 Å². The summed E-state index contributed by atoms with van der Waals surface area (Å²) in [4.78, 5) is 18.9. The number of carbonyl (C=O) groups is 1. The van der Waals surface area contributed by atoms with Crippen LogP contribution in [0, 0.1) is 11.7 Å². The number of piperidine rings is 1. The van der Waals surface area contributed by atoms with E-state index >= 15 is 0 Å². The lowest BCUT2D eigenvalue weighted by Gasteiger charge is -2.31. The largest absolute Gasteiger partial charge is 0.302 e. The van der Waals surface area contributed by atoms with Crippen LogP contribution in [0.25, 0.3) is 21.7 Å². The molecule has 6 nitrogen and oxygen atoms in total. The van der Waals surface area contributed by atoms with E-state index in [2.05, 4.69) is 5.32 Å². The van der Waals surface area contributed by atoms with Crippen molar-refractivity contribution in [2.24, 2.45) is 5.92 Å². The first-order valence-corrected chi connectivity index (χ1v) is 13.9. The van der Waals surface area contributed by atoms with E-state index in [4.69, 9.17) is 4.98 Å². The molecule has 3 aromatic carbocycles. The van der Waals surface area contributed by atoms with Crippen molar-refractivity contribution in [1.29, 1.82) is 0 Å². The summed E-state index contributed by atoms with van der Waals surface area (Å²) in [5, 5.41) is 3.40. The van der Waals surface area contributed by atoms with Gasteiger partial charge in [-0.2, -0.15) is 4.31 Å². The molecule has 0 aliphatic carbocycles. The molecule has 0 spiro atoms. The molecule has 5 rings (SSSR count). The van der Waals surface area contributed by atoms with Crippen LogP contribution in [0.2, 0.25) is 0 Å². The molecule has 0 radical (unpaired) electrons. The van der Waals surface area contributed by atoms with E-state index in [1.54, 1.807) is 0 Å². The number of rotatable bonds is 6. The third kappa shape index (κ3) is 5.09. The Kier molecular flexibility index (Phi) is 6.95. The fourth-order valence-electron chi connectivity index (χ4n) is 4.29. The van der Waals surface area contributed by atoms with Crippen LogP contribution in [0.15, 0.2) is 89.8 Å². The van der Waals surface area contributed by atoms with Crippen LogP contribution in [-0.2, 0) is 14.8 Å². The predicted octanol–water partition coefficient (Wildman–Crippen LogP) is 5.66. The first-order valence-electron chi connectivity index (χ1n) is 11.6. The highest BCUT2D eigenvalue weighted by atomic mass is 32.2. The highest BCUT2D eigenvalue weighted by Gasteiger charge is 2.33. The Bertz CT molecular complexity index is 1400. The van der Waals surface area contributed by atoms with Crippen LogP contribution in [0.3, 0.4) is 0 Å². The summed E-state index contributed by atoms with van der Waals surface area (Å²) in [5.74, 6) is -1.28. The topological polar surface area (TPSA) is 79.4 Å². The standard InChI is InChI=1S/C27H24FN3O3S2/c28-22-13-15-23(16-14-22)36(33,34)31-17-7-12-21(18-31)26(32)30-27-29-24(19-8-3-1-4-9-19)25(35-27)20-10-5-2-6-11-20/h1-6,8-11,13-16,21H,7,12,17-18H2,(H,29,30,32). The van der Waals surface area contributed by atoms with E-state index < -0.39 is 21.8 Å². The van der Waals surface area contributed by atoms with Gasteiger partial charge in [-0.1, -0.05) is 72.0 Å². The number of anilines is 1. The van der Waals surface area contributed by atoms with Gasteiger partial charge in [0.15, 0.2) is 5.13 Å². The Morgan fingerprint density at radius 3 is 2.25 bits per heavy atom. The molecule has 1 aromatic heterocycles. The van der Waals surface area contributed by atoms with E-state index in [1.165, 1.54) is 27.8 Å². The zero-order valence-corrected chi connectivity index (χ0v) is 20.9. The summed E-state index contributed by atoms with van der Waals surface area (Å²) >= 11 is 1.39. The minimum atomic E-state index is -3.82. The predicted molar refractivity (Wildman–Crippen MR) is 139 cm³/mol. The van der Waals surface area contributed by atoms with Gasteiger partial charge in [-0.3, -0.25) is 4.79 Å². The first-order chi connectivity index (χ1) is 17.4. The SMILES string of the molecule is O=C(Nc1nc(-c2ccccc2)c(-c2ccccc2)s1)C1CCCN(S(=O)(=O)c2ccc(F)cc2)C1. The number of halogens is 1. The molecule has 1 amide bonds. The Morgan fingerprint density at radius 2 is 1.58 bits per heavy atom. The molecule has 1 atom stereocenters. The number of nitrogens with one attached hydrogen (secondary N) is 1. The Hall–Kier alpha value is -3.40. The molecule has 184 valence electrons. The highest BCUT2D eigenvalue weighted by molar-refractivity contribution is 7.89. The zero-order valence-electron chi connectivity index (χ0n) is 19.3. The molecule has 9 heteroatoms. The quantitative estimate of drug-likeness (QED) is 0.355. The van der Waals surface area contributed by atoms with Crippen molar-refractivity contribution in [2.45, 2.75) is 17.7 Å². The van der Waals surface area contributed by atoms with Crippen molar-refractivity contribution in [3.8, 4) is 21.7 Å². The van der Waals surface area contributed by atoms with Crippen molar-refractivity contribution in [3.05, 3.63) is 90.7 Å². The normalized spacial score (nSPS) is 16.5. The van der Waals surface area contributed by atoms with Gasteiger partial charge in [0.25, 0.3) is 0 Å². The maximum absolute atomic E-state index is 13.3. The van der Waals surface area contributed by atoms with Gasteiger partial charge >= 0.3 is 0 Å². The summed E-state index contributed by atoms with van der Waals surface area (Å²) in [7, 11) is -3.82. The highest BCUT2D eigenvalue weighted by Crippen LogP contribution is 2.39. The van der Waals surface area contributed by atoms with Gasteiger partial charge in [0.2, 0.25) is 15.9 Å². The van der Waals surface area contributed by atoms with Crippen LogP contribution >= 0.6 is 11.3 Å². The average Bonchev–Trinajstić information content (AvgIpc) is 3.34. The number of thiazole rings is 1. The van der Waals surface area contributed by atoms with E-state index in [9.17, 15) is 17.6 Å². The molecule has 1 saturated heterocycles. The number of hydrogen-bond acceptors (Lipinski definition) is 5. The minimum Gasteiger partial charge on any atom is -0.302 e. The number of sulfonamides is 1. The number of hydrogen-bond donors (Lipinski definition) is 1. The fourth-order valence-corrected chi connectivity index (χ4v) is 6.81. The Balaban J connectivity index is 1.37. The van der Waals surface area contributed by atoms with E-state index in [0.29, 0.717) is 24.5 Å². The molecule has 0 bridgehead atoms. The van der Waals surface area contributed by atoms with Crippen molar-refractivity contribution in [2.75, 3.05) is 18.4 Å². The van der Waals surface area contributed by atoms with Crippen LogP contribution in [0.5, 0.6) is 0 Å². The molecule has 1 unspecified atom stereocenters. The van der Waals surface area contributed by atoms with Gasteiger partial charge < -0.3 is 5.32 Å². The van der Waals surface area contributed by atoms with Crippen molar-refractivity contribution < 1.29 is 17.6 Å². The second kappa shape index (κ2) is 10.3. The molecule has 2 heterocycles. The molecule has 1 fully saturated rings. The first kappa shape index (κ1) is 24.3. The number of amides is 1. The molecular weight excluding hydrogens is 497 g/mol. The second-order valence-corrected chi connectivity index (χ2v) is 11.5. The summed E-state index contributed by atoms with van der Waals surface area (Å²) in [6.07, 6.45) is 1.13. The number of benzene rings is 3. The molecule has 1 aliphatic heterocycles. The smallest absolute Gasteiger partial charge is 0.243 e. The van der Waals surface area contributed by atoms with Gasteiger partial charge in [0.1, 0.15) is 5.82 Å². The van der Waals surface area contributed by atoms with Crippen LogP contribution in [0.1, 0.15) is 12.8 Å².